The Hall–Kier alpha value is -2.55. The summed E-state index contributed by atoms with van der Waals surface area (Å²) in [6, 6.07) is 19.3. The molecule has 2 aromatic carbocycles. The van der Waals surface area contributed by atoms with E-state index < -0.39 is 0 Å². The summed E-state index contributed by atoms with van der Waals surface area (Å²) < 4.78 is 6.12. The average molecular weight is 376 g/mol. The highest BCUT2D eigenvalue weighted by molar-refractivity contribution is 5.83. The maximum Gasteiger partial charge on any atom is 0.219 e. The zero-order valence-corrected chi connectivity index (χ0v) is 16.6. The van der Waals surface area contributed by atoms with Gasteiger partial charge < -0.3 is 9.73 Å². The van der Waals surface area contributed by atoms with Gasteiger partial charge in [-0.15, -0.1) is 0 Å². The molecule has 1 aromatic heterocycles. The van der Waals surface area contributed by atoms with Gasteiger partial charge in [-0.2, -0.15) is 0 Å². The van der Waals surface area contributed by atoms with Gasteiger partial charge in [-0.3, -0.25) is 4.79 Å². The van der Waals surface area contributed by atoms with Gasteiger partial charge in [0.2, 0.25) is 5.91 Å². The monoisotopic (exact) mass is 375 g/mol. The zero-order valence-electron chi connectivity index (χ0n) is 16.6. The van der Waals surface area contributed by atoms with Crippen LogP contribution < -0.4 is 5.32 Å². The van der Waals surface area contributed by atoms with Crippen molar-refractivity contribution < 1.29 is 9.21 Å². The number of hydrogen-bond acceptors (Lipinski definition) is 2. The van der Waals surface area contributed by atoms with E-state index in [-0.39, 0.29) is 5.91 Å². The molecule has 1 heterocycles. The number of carbonyl (C=O) groups is 1. The van der Waals surface area contributed by atoms with Crippen LogP contribution in [0.25, 0.3) is 11.0 Å². The van der Waals surface area contributed by atoms with Crippen LogP contribution in [0.5, 0.6) is 0 Å². The molecule has 0 spiro atoms. The van der Waals surface area contributed by atoms with Crippen molar-refractivity contribution in [1.82, 2.24) is 5.32 Å². The molecule has 1 aliphatic rings. The zero-order chi connectivity index (χ0) is 19.3. The molecule has 1 saturated carbocycles. The number of carbonyl (C=O) groups excluding carboxylic acids is 1. The first-order valence-corrected chi connectivity index (χ1v) is 10.6. The third-order valence-corrected chi connectivity index (χ3v) is 5.83. The van der Waals surface area contributed by atoms with Gasteiger partial charge in [-0.25, -0.2) is 0 Å². The lowest BCUT2D eigenvalue weighted by Crippen LogP contribution is -2.24. The van der Waals surface area contributed by atoms with Crippen LogP contribution in [-0.4, -0.2) is 12.5 Å². The molecule has 146 valence electrons. The Balaban J connectivity index is 1.34. The van der Waals surface area contributed by atoms with Gasteiger partial charge >= 0.3 is 0 Å². The number of fused-ring (bicyclic) bond motifs is 1. The number of furan rings is 1. The second kappa shape index (κ2) is 8.64. The quantitative estimate of drug-likeness (QED) is 0.493. The molecule has 0 bridgehead atoms. The first-order valence-electron chi connectivity index (χ1n) is 10.6. The van der Waals surface area contributed by atoms with Crippen LogP contribution >= 0.6 is 0 Å². The molecule has 0 saturated heterocycles. The summed E-state index contributed by atoms with van der Waals surface area (Å²) in [5.41, 5.74) is 3.79. The lowest BCUT2D eigenvalue weighted by molar-refractivity contribution is -0.120. The Kier molecular flexibility index (Phi) is 5.80. The normalized spacial score (nSPS) is 18.3. The number of nitrogens with one attached hydrogen (secondary N) is 1. The van der Waals surface area contributed by atoms with E-state index in [0.29, 0.717) is 18.3 Å². The summed E-state index contributed by atoms with van der Waals surface area (Å²) in [4.78, 5) is 11.5. The van der Waals surface area contributed by atoms with Crippen molar-refractivity contribution >= 4 is 16.9 Å². The molecule has 0 aliphatic heterocycles. The number of rotatable bonds is 9. The van der Waals surface area contributed by atoms with Gasteiger partial charge in [0.25, 0.3) is 0 Å². The van der Waals surface area contributed by atoms with Crippen LogP contribution in [0.3, 0.4) is 0 Å². The van der Waals surface area contributed by atoms with E-state index in [9.17, 15) is 4.79 Å². The summed E-state index contributed by atoms with van der Waals surface area (Å²) in [5.74, 6) is 2.34. The SMILES string of the molecule is CCC(=O)NCC1CC1c1cccc2oc(CCCCc3ccccc3)cc12. The number of amides is 1. The number of hydrogen-bond donors (Lipinski definition) is 1. The molecule has 3 aromatic rings. The van der Waals surface area contributed by atoms with Gasteiger partial charge in [0.1, 0.15) is 11.3 Å². The predicted octanol–water partition coefficient (Wildman–Crippen LogP) is 5.63. The molecule has 4 rings (SSSR count). The van der Waals surface area contributed by atoms with Crippen molar-refractivity contribution in [2.75, 3.05) is 6.54 Å². The van der Waals surface area contributed by atoms with Crippen LogP contribution in [0.1, 0.15) is 55.4 Å². The molecule has 3 nitrogen and oxygen atoms in total. The van der Waals surface area contributed by atoms with Gasteiger partial charge in [0.05, 0.1) is 0 Å². The van der Waals surface area contributed by atoms with Crippen LogP contribution in [0.4, 0.5) is 0 Å². The molecule has 2 atom stereocenters. The maximum atomic E-state index is 11.5. The number of unbranched alkanes of at least 4 members (excludes halogenated alkanes) is 1. The molecule has 3 heteroatoms. The number of benzene rings is 2. The molecular weight excluding hydrogens is 346 g/mol. The van der Waals surface area contributed by atoms with Crippen LogP contribution in [0.2, 0.25) is 0 Å². The topological polar surface area (TPSA) is 42.2 Å². The summed E-state index contributed by atoms with van der Waals surface area (Å²) in [6.07, 6.45) is 6.14. The summed E-state index contributed by atoms with van der Waals surface area (Å²) in [6.45, 7) is 2.69. The molecule has 0 radical (unpaired) electrons. The van der Waals surface area contributed by atoms with E-state index in [2.05, 4.69) is 59.9 Å². The highest BCUT2D eigenvalue weighted by Gasteiger charge is 2.39. The molecule has 1 amide bonds. The minimum Gasteiger partial charge on any atom is -0.461 e. The van der Waals surface area contributed by atoms with Crippen LogP contribution in [0, 0.1) is 5.92 Å². The molecule has 28 heavy (non-hydrogen) atoms. The fourth-order valence-electron chi connectivity index (χ4n) is 4.08. The first-order chi connectivity index (χ1) is 13.7. The van der Waals surface area contributed by atoms with Crippen LogP contribution in [-0.2, 0) is 17.6 Å². The van der Waals surface area contributed by atoms with Gasteiger partial charge in [-0.1, -0.05) is 49.4 Å². The van der Waals surface area contributed by atoms with E-state index in [1.54, 1.807) is 0 Å². The van der Waals surface area contributed by atoms with Crippen molar-refractivity contribution in [3.8, 4) is 0 Å². The Morgan fingerprint density at radius 1 is 1.07 bits per heavy atom. The first kappa shape index (κ1) is 18.8. The van der Waals surface area contributed by atoms with E-state index in [0.717, 1.165) is 43.6 Å². The Labute approximate surface area is 167 Å². The van der Waals surface area contributed by atoms with Gasteiger partial charge in [-0.05, 0) is 60.8 Å². The fraction of sp³-hybridized carbons (Fsp3) is 0.400. The third kappa shape index (κ3) is 4.46. The summed E-state index contributed by atoms with van der Waals surface area (Å²) >= 11 is 0. The van der Waals surface area contributed by atoms with Gasteiger partial charge in [0, 0.05) is 24.8 Å². The van der Waals surface area contributed by atoms with Crippen LogP contribution in [0.15, 0.2) is 59.0 Å². The lowest BCUT2D eigenvalue weighted by atomic mass is 10.0. The molecular formula is C25H29NO2. The predicted molar refractivity (Wildman–Crippen MR) is 113 cm³/mol. The van der Waals surface area contributed by atoms with E-state index in [1.165, 1.54) is 22.9 Å². The second-order valence-electron chi connectivity index (χ2n) is 7.92. The van der Waals surface area contributed by atoms with E-state index >= 15 is 0 Å². The van der Waals surface area contributed by atoms with E-state index in [1.807, 2.05) is 6.92 Å². The van der Waals surface area contributed by atoms with Crippen molar-refractivity contribution in [3.63, 3.8) is 0 Å². The smallest absolute Gasteiger partial charge is 0.219 e. The Morgan fingerprint density at radius 3 is 2.71 bits per heavy atom. The summed E-state index contributed by atoms with van der Waals surface area (Å²) in [5, 5.41) is 4.29. The standard InChI is InChI=1S/C25H29NO2/c1-2-25(27)26-17-19-15-22(19)21-13-8-14-24-23(21)16-20(28-24)12-7-6-11-18-9-4-3-5-10-18/h3-5,8-10,13-14,16,19,22H,2,6-7,11-12,15,17H2,1H3,(H,26,27). The maximum absolute atomic E-state index is 11.5. The fourth-order valence-corrected chi connectivity index (χ4v) is 4.08. The molecule has 1 N–H and O–H groups in total. The molecule has 1 aliphatic carbocycles. The average Bonchev–Trinajstić information content (AvgIpc) is 3.38. The minimum atomic E-state index is 0.143. The minimum absolute atomic E-state index is 0.143. The Bertz CT molecular complexity index is 928. The van der Waals surface area contributed by atoms with Crippen molar-refractivity contribution in [3.05, 3.63) is 71.5 Å². The number of aryl methyl sites for hydroxylation is 2. The molecule has 2 unspecified atom stereocenters. The van der Waals surface area contributed by atoms with Crippen molar-refractivity contribution in [2.24, 2.45) is 5.92 Å². The van der Waals surface area contributed by atoms with Gasteiger partial charge in [0.15, 0.2) is 0 Å². The Morgan fingerprint density at radius 2 is 1.89 bits per heavy atom. The second-order valence-corrected chi connectivity index (χ2v) is 7.92. The summed E-state index contributed by atoms with van der Waals surface area (Å²) in [7, 11) is 0. The largest absolute Gasteiger partial charge is 0.461 e. The highest BCUT2D eigenvalue weighted by atomic mass is 16.3. The highest BCUT2D eigenvalue weighted by Crippen LogP contribution is 2.49. The molecule has 1 fully saturated rings. The lowest BCUT2D eigenvalue weighted by Gasteiger charge is -2.04. The van der Waals surface area contributed by atoms with Crippen molar-refractivity contribution in [1.29, 1.82) is 0 Å². The van der Waals surface area contributed by atoms with E-state index in [4.69, 9.17) is 4.42 Å². The third-order valence-electron chi connectivity index (χ3n) is 5.83. The van der Waals surface area contributed by atoms with Crippen molar-refractivity contribution in [2.45, 2.75) is 51.4 Å².